The van der Waals surface area contributed by atoms with Crippen LogP contribution in [0.5, 0.6) is 0 Å². The molecule has 1 aliphatic rings. The molecule has 1 aromatic heterocycles. The summed E-state index contributed by atoms with van der Waals surface area (Å²) in [6.45, 7) is 9.77. The summed E-state index contributed by atoms with van der Waals surface area (Å²) in [4.78, 5) is 21.4. The molecule has 9 heteroatoms. The van der Waals surface area contributed by atoms with Crippen molar-refractivity contribution in [3.05, 3.63) is 51.9 Å². The number of rotatable bonds is 7. The van der Waals surface area contributed by atoms with E-state index in [0.29, 0.717) is 31.2 Å². The molecule has 170 valence electrons. The molecule has 1 aromatic carbocycles. The number of piperazine rings is 1. The predicted molar refractivity (Wildman–Crippen MR) is 134 cm³/mol. The van der Waals surface area contributed by atoms with Gasteiger partial charge in [-0.15, -0.1) is 24.0 Å². The minimum Gasteiger partial charge on any atom is -0.361 e. The molecule has 1 N–H and O–H groups in total. The quantitative estimate of drug-likeness (QED) is 0.242. The Morgan fingerprint density at radius 2 is 2.00 bits per heavy atom. The fourth-order valence-electron chi connectivity index (χ4n) is 3.59. The van der Waals surface area contributed by atoms with E-state index in [1.807, 2.05) is 54.8 Å². The lowest BCUT2D eigenvalue weighted by Crippen LogP contribution is -2.55. The highest BCUT2D eigenvalue weighted by Crippen LogP contribution is 2.15. The lowest BCUT2D eigenvalue weighted by Gasteiger charge is -2.36. The van der Waals surface area contributed by atoms with Gasteiger partial charge in [0.2, 0.25) is 5.91 Å². The zero-order valence-electron chi connectivity index (χ0n) is 18.4. The van der Waals surface area contributed by atoms with Gasteiger partial charge in [-0.3, -0.25) is 9.79 Å². The molecule has 1 amide bonds. The molecule has 0 aliphatic carbocycles. The minimum atomic E-state index is 0. The molecule has 0 spiro atoms. The van der Waals surface area contributed by atoms with Crippen molar-refractivity contribution >= 4 is 47.4 Å². The Morgan fingerprint density at radius 3 is 2.61 bits per heavy atom. The van der Waals surface area contributed by atoms with Crippen molar-refractivity contribution in [3.63, 3.8) is 0 Å². The van der Waals surface area contributed by atoms with Gasteiger partial charge in [-0.1, -0.05) is 28.9 Å². The van der Waals surface area contributed by atoms with Crippen molar-refractivity contribution in [2.45, 2.75) is 40.2 Å². The molecule has 1 aliphatic heterocycles. The summed E-state index contributed by atoms with van der Waals surface area (Å²) < 4.78 is 5.22. The molecule has 0 unspecified atom stereocenters. The van der Waals surface area contributed by atoms with E-state index in [4.69, 9.17) is 21.1 Å². The lowest BCUT2D eigenvalue weighted by molar-refractivity contribution is -0.135. The monoisotopic (exact) mass is 559 g/mol. The van der Waals surface area contributed by atoms with Gasteiger partial charge in [0, 0.05) is 43.3 Å². The summed E-state index contributed by atoms with van der Waals surface area (Å²) in [7, 11) is 0. The second-order valence-corrected chi connectivity index (χ2v) is 7.94. The van der Waals surface area contributed by atoms with E-state index in [9.17, 15) is 4.79 Å². The minimum absolute atomic E-state index is 0. The number of benzene rings is 1. The number of aromatic nitrogens is 1. The molecule has 7 nitrogen and oxygen atoms in total. The standard InChI is InChI=1S/C22H30ClN5O2.HI/c1-4-24-22(25-11-5-6-20-16(2)26-30-17(20)3)28-13-12-27(21(29)15-28)14-18-7-9-19(23)10-8-18;/h7-10H,4-6,11-15H2,1-3H3,(H,24,25);1H. The van der Waals surface area contributed by atoms with E-state index in [1.165, 1.54) is 5.56 Å². The number of guanidine groups is 1. The smallest absolute Gasteiger partial charge is 0.242 e. The molecule has 1 fully saturated rings. The number of aliphatic imine (C=N–C) groups is 1. The Hall–Kier alpha value is -1.81. The molecule has 2 aromatic rings. The lowest BCUT2D eigenvalue weighted by atomic mass is 10.1. The molecular weight excluding hydrogens is 529 g/mol. The number of aryl methyl sites for hydroxylation is 2. The van der Waals surface area contributed by atoms with Gasteiger partial charge in [-0.2, -0.15) is 0 Å². The van der Waals surface area contributed by atoms with Crippen LogP contribution in [0.1, 0.15) is 35.9 Å². The van der Waals surface area contributed by atoms with Gasteiger partial charge in [-0.25, -0.2) is 0 Å². The maximum atomic E-state index is 12.7. The number of halogens is 2. The Labute approximate surface area is 206 Å². The normalized spacial score (nSPS) is 14.6. The molecule has 0 atom stereocenters. The van der Waals surface area contributed by atoms with Gasteiger partial charge in [0.15, 0.2) is 5.96 Å². The van der Waals surface area contributed by atoms with E-state index in [1.54, 1.807) is 0 Å². The average molecular weight is 560 g/mol. The topological polar surface area (TPSA) is 74.0 Å². The zero-order valence-corrected chi connectivity index (χ0v) is 21.4. The zero-order chi connectivity index (χ0) is 21.5. The van der Waals surface area contributed by atoms with Gasteiger partial charge < -0.3 is 19.6 Å². The largest absolute Gasteiger partial charge is 0.361 e. The van der Waals surface area contributed by atoms with Crippen molar-refractivity contribution < 1.29 is 9.32 Å². The van der Waals surface area contributed by atoms with Crippen LogP contribution in [-0.2, 0) is 17.8 Å². The third-order valence-electron chi connectivity index (χ3n) is 5.27. The van der Waals surface area contributed by atoms with Crippen LogP contribution in [0.3, 0.4) is 0 Å². The molecule has 0 saturated carbocycles. The molecule has 31 heavy (non-hydrogen) atoms. The molecule has 2 heterocycles. The third-order valence-corrected chi connectivity index (χ3v) is 5.52. The maximum absolute atomic E-state index is 12.7. The van der Waals surface area contributed by atoms with Crippen LogP contribution in [0.2, 0.25) is 5.02 Å². The first-order valence-electron chi connectivity index (χ1n) is 10.4. The highest BCUT2D eigenvalue weighted by atomic mass is 127. The SMILES string of the molecule is CCNC(=NCCCc1c(C)noc1C)N1CCN(Cc2ccc(Cl)cc2)C(=O)C1.I. The number of nitrogens with zero attached hydrogens (tertiary/aromatic N) is 4. The van der Waals surface area contributed by atoms with Crippen LogP contribution in [0, 0.1) is 13.8 Å². The van der Waals surface area contributed by atoms with Crippen LogP contribution < -0.4 is 5.32 Å². The van der Waals surface area contributed by atoms with Crippen molar-refractivity contribution in [1.82, 2.24) is 20.3 Å². The van der Waals surface area contributed by atoms with Gasteiger partial charge in [0.1, 0.15) is 5.76 Å². The Bertz CT molecular complexity index is 865. The molecule has 0 radical (unpaired) electrons. The number of nitrogens with one attached hydrogen (secondary N) is 1. The van der Waals surface area contributed by atoms with Gasteiger partial charge in [-0.05, 0) is 51.3 Å². The fourth-order valence-corrected chi connectivity index (χ4v) is 3.72. The first kappa shape index (κ1) is 25.5. The predicted octanol–water partition coefficient (Wildman–Crippen LogP) is 3.81. The summed E-state index contributed by atoms with van der Waals surface area (Å²) in [5, 5.41) is 8.03. The Morgan fingerprint density at radius 1 is 1.26 bits per heavy atom. The number of hydrogen-bond acceptors (Lipinski definition) is 4. The number of carbonyl (C=O) groups excluding carboxylic acids is 1. The number of hydrogen-bond donors (Lipinski definition) is 1. The van der Waals surface area contributed by atoms with Gasteiger partial charge in [0.05, 0.1) is 12.2 Å². The highest BCUT2D eigenvalue weighted by Gasteiger charge is 2.26. The Balaban J connectivity index is 0.00000341. The summed E-state index contributed by atoms with van der Waals surface area (Å²) >= 11 is 5.95. The van der Waals surface area contributed by atoms with Crippen molar-refractivity contribution in [3.8, 4) is 0 Å². The number of carbonyl (C=O) groups is 1. The van der Waals surface area contributed by atoms with Crippen LogP contribution in [-0.4, -0.2) is 59.5 Å². The van der Waals surface area contributed by atoms with E-state index < -0.39 is 0 Å². The second kappa shape index (κ2) is 12.3. The van der Waals surface area contributed by atoms with E-state index in [-0.39, 0.29) is 29.9 Å². The number of amides is 1. The van der Waals surface area contributed by atoms with E-state index >= 15 is 0 Å². The summed E-state index contributed by atoms with van der Waals surface area (Å²) in [6.07, 6.45) is 1.79. The van der Waals surface area contributed by atoms with Crippen molar-refractivity contribution in [2.24, 2.45) is 4.99 Å². The van der Waals surface area contributed by atoms with Crippen molar-refractivity contribution in [2.75, 3.05) is 32.7 Å². The Kier molecular flexibility index (Phi) is 10.1. The van der Waals surface area contributed by atoms with E-state index in [0.717, 1.165) is 48.9 Å². The molecule has 1 saturated heterocycles. The fraction of sp³-hybridized carbons (Fsp3) is 0.500. The first-order valence-corrected chi connectivity index (χ1v) is 10.8. The van der Waals surface area contributed by atoms with E-state index in [2.05, 4.69) is 10.5 Å². The van der Waals surface area contributed by atoms with Crippen LogP contribution >= 0.6 is 35.6 Å². The van der Waals surface area contributed by atoms with Crippen molar-refractivity contribution in [1.29, 1.82) is 0 Å². The summed E-state index contributed by atoms with van der Waals surface area (Å²) in [5.74, 6) is 1.79. The highest BCUT2D eigenvalue weighted by molar-refractivity contribution is 14.0. The summed E-state index contributed by atoms with van der Waals surface area (Å²) in [6, 6.07) is 7.64. The maximum Gasteiger partial charge on any atom is 0.242 e. The second-order valence-electron chi connectivity index (χ2n) is 7.51. The molecular formula is C22H31ClIN5O2. The van der Waals surface area contributed by atoms with Crippen LogP contribution in [0.15, 0.2) is 33.8 Å². The first-order chi connectivity index (χ1) is 14.5. The molecule has 3 rings (SSSR count). The molecule has 0 bridgehead atoms. The van der Waals surface area contributed by atoms with Crippen LogP contribution in [0.4, 0.5) is 0 Å². The van der Waals surface area contributed by atoms with Gasteiger partial charge >= 0.3 is 0 Å². The average Bonchev–Trinajstić information content (AvgIpc) is 3.05. The van der Waals surface area contributed by atoms with Gasteiger partial charge in [0.25, 0.3) is 0 Å². The van der Waals surface area contributed by atoms with Crippen LogP contribution in [0.25, 0.3) is 0 Å². The third kappa shape index (κ3) is 7.10. The summed E-state index contributed by atoms with van der Waals surface area (Å²) in [5.41, 5.74) is 3.20.